The number of hydrogen-bond acceptors (Lipinski definition) is 2. The van der Waals surface area contributed by atoms with Gasteiger partial charge in [0.1, 0.15) is 0 Å². The predicted octanol–water partition coefficient (Wildman–Crippen LogP) is 3.23. The molecule has 0 bridgehead atoms. The number of likely N-dealkylation sites (tertiary alicyclic amines) is 1. The second-order valence-electron chi connectivity index (χ2n) is 6.69. The minimum atomic E-state index is 0.505. The van der Waals surface area contributed by atoms with Gasteiger partial charge in [0, 0.05) is 36.8 Å². The van der Waals surface area contributed by atoms with E-state index in [9.17, 15) is 0 Å². The zero-order chi connectivity index (χ0) is 13.0. The monoisotopic (exact) mass is 254 g/mol. The molecule has 1 aromatic carbocycles. The van der Waals surface area contributed by atoms with Crippen LogP contribution in [0.25, 0.3) is 6.08 Å². The summed E-state index contributed by atoms with van der Waals surface area (Å²) in [5, 5.41) is 3.60. The molecule has 3 aliphatic rings. The number of anilines is 1. The van der Waals surface area contributed by atoms with Gasteiger partial charge in [-0.05, 0) is 43.4 Å². The molecule has 2 nitrogen and oxygen atoms in total. The molecule has 0 spiro atoms. The molecular formula is C17H22N2. The summed E-state index contributed by atoms with van der Waals surface area (Å²) < 4.78 is 0. The standard InChI is InChI=1S/C17H22N2/c1-12(2)19-10-15-8-17(15,11-19)14-7-13-5-3-4-6-16(13)18-9-14/h3-7,12,15,18H,8-11H2,1-2H3. The molecule has 1 aliphatic carbocycles. The molecule has 2 unspecified atom stereocenters. The first-order valence-electron chi connectivity index (χ1n) is 7.47. The Bertz CT molecular complexity index is 546. The molecule has 1 N–H and O–H groups in total. The van der Waals surface area contributed by atoms with E-state index in [1.165, 1.54) is 30.8 Å². The molecule has 4 rings (SSSR count). The van der Waals surface area contributed by atoms with Gasteiger partial charge in [-0.1, -0.05) is 24.3 Å². The highest BCUT2D eigenvalue weighted by atomic mass is 15.2. The van der Waals surface area contributed by atoms with E-state index in [4.69, 9.17) is 0 Å². The first-order chi connectivity index (χ1) is 9.19. The molecule has 0 radical (unpaired) electrons. The largest absolute Gasteiger partial charge is 0.381 e. The fourth-order valence-electron chi connectivity index (χ4n) is 3.94. The van der Waals surface area contributed by atoms with Crippen LogP contribution in [0.2, 0.25) is 0 Å². The molecule has 2 heterocycles. The quantitative estimate of drug-likeness (QED) is 0.871. The molecule has 19 heavy (non-hydrogen) atoms. The van der Waals surface area contributed by atoms with Crippen LogP contribution in [0.15, 0.2) is 29.8 Å². The lowest BCUT2D eigenvalue weighted by Gasteiger charge is -2.28. The highest BCUT2D eigenvalue weighted by Gasteiger charge is 2.61. The van der Waals surface area contributed by atoms with E-state index in [0.29, 0.717) is 11.5 Å². The van der Waals surface area contributed by atoms with Crippen LogP contribution < -0.4 is 5.32 Å². The van der Waals surface area contributed by atoms with Crippen molar-refractivity contribution in [3.63, 3.8) is 0 Å². The molecule has 1 saturated carbocycles. The Morgan fingerprint density at radius 1 is 1.32 bits per heavy atom. The number of nitrogens with zero attached hydrogens (tertiary/aromatic N) is 1. The first kappa shape index (κ1) is 11.5. The van der Waals surface area contributed by atoms with Crippen molar-refractivity contribution in [2.75, 3.05) is 25.0 Å². The molecule has 100 valence electrons. The molecular weight excluding hydrogens is 232 g/mol. The van der Waals surface area contributed by atoms with Crippen LogP contribution in [0.1, 0.15) is 25.8 Å². The second-order valence-corrected chi connectivity index (χ2v) is 6.69. The van der Waals surface area contributed by atoms with E-state index in [2.05, 4.69) is 54.4 Å². The van der Waals surface area contributed by atoms with Crippen LogP contribution in [0.4, 0.5) is 5.69 Å². The van der Waals surface area contributed by atoms with Crippen LogP contribution in [-0.4, -0.2) is 30.6 Å². The fraction of sp³-hybridized carbons (Fsp3) is 0.529. The average Bonchev–Trinajstić information content (AvgIpc) is 3.00. The number of piperidine rings is 1. The summed E-state index contributed by atoms with van der Waals surface area (Å²) in [5.74, 6) is 0.910. The SMILES string of the molecule is CC(C)N1CC2CC2(C2=Cc3ccccc3NC2)C1. The van der Waals surface area contributed by atoms with Crippen molar-refractivity contribution in [3.05, 3.63) is 35.4 Å². The van der Waals surface area contributed by atoms with Crippen molar-refractivity contribution >= 4 is 11.8 Å². The molecule has 1 aromatic rings. The van der Waals surface area contributed by atoms with E-state index in [-0.39, 0.29) is 0 Å². The van der Waals surface area contributed by atoms with Gasteiger partial charge >= 0.3 is 0 Å². The van der Waals surface area contributed by atoms with E-state index in [1.54, 1.807) is 5.57 Å². The van der Waals surface area contributed by atoms with Gasteiger partial charge in [-0.2, -0.15) is 0 Å². The Hall–Kier alpha value is -1.28. The average molecular weight is 254 g/mol. The van der Waals surface area contributed by atoms with Crippen molar-refractivity contribution in [1.29, 1.82) is 0 Å². The van der Waals surface area contributed by atoms with Crippen LogP contribution in [0.5, 0.6) is 0 Å². The lowest BCUT2D eigenvalue weighted by atomic mass is 9.90. The third-order valence-corrected chi connectivity index (χ3v) is 5.30. The Morgan fingerprint density at radius 3 is 2.95 bits per heavy atom. The lowest BCUT2D eigenvalue weighted by molar-refractivity contribution is 0.237. The maximum Gasteiger partial charge on any atom is 0.0416 e. The first-order valence-corrected chi connectivity index (χ1v) is 7.47. The van der Waals surface area contributed by atoms with E-state index in [0.717, 1.165) is 12.5 Å². The summed E-state index contributed by atoms with van der Waals surface area (Å²) in [4.78, 5) is 2.65. The highest BCUT2D eigenvalue weighted by molar-refractivity contribution is 5.73. The van der Waals surface area contributed by atoms with Crippen LogP contribution >= 0.6 is 0 Å². The minimum Gasteiger partial charge on any atom is -0.381 e. The van der Waals surface area contributed by atoms with Crippen molar-refractivity contribution in [1.82, 2.24) is 4.90 Å². The van der Waals surface area contributed by atoms with E-state index >= 15 is 0 Å². The molecule has 1 saturated heterocycles. The van der Waals surface area contributed by atoms with Gasteiger partial charge in [-0.15, -0.1) is 0 Å². The third-order valence-electron chi connectivity index (χ3n) is 5.30. The van der Waals surface area contributed by atoms with Crippen molar-refractivity contribution in [2.45, 2.75) is 26.3 Å². The maximum absolute atomic E-state index is 3.60. The van der Waals surface area contributed by atoms with Crippen molar-refractivity contribution < 1.29 is 0 Å². The maximum atomic E-state index is 3.60. The summed E-state index contributed by atoms with van der Waals surface area (Å²) in [7, 11) is 0. The number of para-hydroxylation sites is 1. The van der Waals surface area contributed by atoms with Gasteiger partial charge in [-0.25, -0.2) is 0 Å². The predicted molar refractivity (Wildman–Crippen MR) is 80.2 cm³/mol. The normalized spacial score (nSPS) is 32.6. The van der Waals surface area contributed by atoms with Crippen LogP contribution in [0, 0.1) is 11.3 Å². The molecule has 0 amide bonds. The summed E-state index contributed by atoms with van der Waals surface area (Å²) in [6.07, 6.45) is 3.86. The third kappa shape index (κ3) is 1.66. The Kier molecular flexibility index (Phi) is 2.34. The Morgan fingerprint density at radius 2 is 2.16 bits per heavy atom. The molecule has 2 fully saturated rings. The number of fused-ring (bicyclic) bond motifs is 2. The summed E-state index contributed by atoms with van der Waals surface area (Å²) in [6, 6.07) is 9.34. The fourth-order valence-corrected chi connectivity index (χ4v) is 3.94. The number of benzene rings is 1. The van der Waals surface area contributed by atoms with Gasteiger partial charge in [0.2, 0.25) is 0 Å². The van der Waals surface area contributed by atoms with Gasteiger partial charge in [0.25, 0.3) is 0 Å². The minimum absolute atomic E-state index is 0.505. The summed E-state index contributed by atoms with van der Waals surface area (Å²) in [6.45, 7) is 8.25. The van der Waals surface area contributed by atoms with Gasteiger partial charge in [0.15, 0.2) is 0 Å². The summed E-state index contributed by atoms with van der Waals surface area (Å²) in [5.41, 5.74) is 4.80. The van der Waals surface area contributed by atoms with Gasteiger partial charge in [-0.3, -0.25) is 4.90 Å². The van der Waals surface area contributed by atoms with Crippen LogP contribution in [-0.2, 0) is 0 Å². The zero-order valence-electron chi connectivity index (χ0n) is 11.8. The Balaban J connectivity index is 1.64. The van der Waals surface area contributed by atoms with E-state index in [1.807, 2.05) is 0 Å². The van der Waals surface area contributed by atoms with Gasteiger partial charge in [0.05, 0.1) is 0 Å². The van der Waals surface area contributed by atoms with Crippen molar-refractivity contribution in [3.8, 4) is 0 Å². The molecule has 2 aliphatic heterocycles. The van der Waals surface area contributed by atoms with Crippen molar-refractivity contribution in [2.24, 2.45) is 11.3 Å². The Labute approximate surface area is 115 Å². The summed E-state index contributed by atoms with van der Waals surface area (Å²) >= 11 is 0. The zero-order valence-corrected chi connectivity index (χ0v) is 11.8. The van der Waals surface area contributed by atoms with Crippen LogP contribution in [0.3, 0.4) is 0 Å². The lowest BCUT2D eigenvalue weighted by Crippen LogP contribution is -2.33. The highest BCUT2D eigenvalue weighted by Crippen LogP contribution is 2.63. The number of nitrogens with one attached hydrogen (secondary N) is 1. The molecule has 2 heteroatoms. The molecule has 0 aromatic heterocycles. The smallest absolute Gasteiger partial charge is 0.0416 e. The topological polar surface area (TPSA) is 15.3 Å². The van der Waals surface area contributed by atoms with E-state index < -0.39 is 0 Å². The van der Waals surface area contributed by atoms with Gasteiger partial charge < -0.3 is 5.32 Å². The molecule has 2 atom stereocenters. The second kappa shape index (κ2) is 3.86. The number of hydrogen-bond donors (Lipinski definition) is 1. The number of rotatable bonds is 2.